The van der Waals surface area contributed by atoms with Gasteiger partial charge in [-0.2, -0.15) is 8.78 Å². The highest BCUT2D eigenvalue weighted by Crippen LogP contribution is 2.55. The zero-order valence-corrected chi connectivity index (χ0v) is 15.7. The predicted octanol–water partition coefficient (Wildman–Crippen LogP) is 5.39. The Hall–Kier alpha value is -2.18. The smallest absolute Gasteiger partial charge is 0.345 e. The van der Waals surface area contributed by atoms with Crippen molar-refractivity contribution in [3.63, 3.8) is 0 Å². The van der Waals surface area contributed by atoms with Gasteiger partial charge in [0.15, 0.2) is 0 Å². The Morgan fingerprint density at radius 3 is 2.56 bits per heavy atom. The van der Waals surface area contributed by atoms with Gasteiger partial charge in [0.05, 0.1) is 12.0 Å². The van der Waals surface area contributed by atoms with Crippen molar-refractivity contribution in [2.24, 2.45) is 11.3 Å². The topological polar surface area (TPSA) is 47.6 Å². The molecule has 0 saturated heterocycles. The number of ether oxygens (including phenoxy) is 2. The minimum atomic E-state index is -2.90. The number of alkyl halides is 2. The first kappa shape index (κ1) is 19.6. The SMILES string of the molecule is CC1(C)C(OC(F)F)C1C(=O)OCc1cccc(Nc2ccc(Cl)cc2)c1. The number of benzene rings is 2. The van der Waals surface area contributed by atoms with E-state index in [1.54, 1.807) is 26.0 Å². The summed E-state index contributed by atoms with van der Waals surface area (Å²) >= 11 is 5.87. The molecule has 1 saturated carbocycles. The van der Waals surface area contributed by atoms with Crippen molar-refractivity contribution in [3.8, 4) is 0 Å². The molecule has 2 aromatic carbocycles. The number of esters is 1. The van der Waals surface area contributed by atoms with Crippen molar-refractivity contribution in [2.75, 3.05) is 5.32 Å². The van der Waals surface area contributed by atoms with Crippen molar-refractivity contribution >= 4 is 28.9 Å². The van der Waals surface area contributed by atoms with Crippen LogP contribution in [0.5, 0.6) is 0 Å². The fourth-order valence-electron chi connectivity index (χ4n) is 3.07. The molecule has 1 aliphatic rings. The molecule has 144 valence electrons. The van der Waals surface area contributed by atoms with Gasteiger partial charge >= 0.3 is 12.6 Å². The van der Waals surface area contributed by atoms with E-state index < -0.39 is 30.0 Å². The zero-order valence-electron chi connectivity index (χ0n) is 14.9. The maximum Gasteiger partial charge on any atom is 0.345 e. The summed E-state index contributed by atoms with van der Waals surface area (Å²) in [5, 5.41) is 3.88. The molecule has 4 nitrogen and oxygen atoms in total. The Kier molecular flexibility index (Phi) is 5.67. The molecule has 0 spiro atoms. The minimum Gasteiger partial charge on any atom is -0.461 e. The number of rotatable bonds is 7. The zero-order chi connectivity index (χ0) is 19.6. The van der Waals surface area contributed by atoms with Crippen LogP contribution in [-0.2, 0) is 20.9 Å². The molecule has 1 aliphatic carbocycles. The highest BCUT2D eigenvalue weighted by Gasteiger charge is 2.65. The summed E-state index contributed by atoms with van der Waals surface area (Å²) in [6, 6.07) is 14.7. The van der Waals surface area contributed by atoms with Crippen LogP contribution in [0.25, 0.3) is 0 Å². The molecule has 0 heterocycles. The average molecular weight is 396 g/mol. The number of halogens is 3. The molecule has 7 heteroatoms. The van der Waals surface area contributed by atoms with Crippen LogP contribution in [0.3, 0.4) is 0 Å². The van der Waals surface area contributed by atoms with Crippen LogP contribution in [0.1, 0.15) is 19.4 Å². The van der Waals surface area contributed by atoms with Gasteiger partial charge in [-0.3, -0.25) is 4.79 Å². The van der Waals surface area contributed by atoms with Crippen LogP contribution < -0.4 is 5.32 Å². The number of hydrogen-bond acceptors (Lipinski definition) is 4. The molecule has 3 rings (SSSR count). The van der Waals surface area contributed by atoms with Gasteiger partial charge in [0.2, 0.25) is 0 Å². The number of nitrogens with one attached hydrogen (secondary N) is 1. The fraction of sp³-hybridized carbons (Fsp3) is 0.350. The van der Waals surface area contributed by atoms with E-state index in [1.165, 1.54) is 0 Å². The third kappa shape index (κ3) is 4.76. The molecule has 1 N–H and O–H groups in total. The molecule has 0 aromatic heterocycles. The van der Waals surface area contributed by atoms with E-state index in [1.807, 2.05) is 36.4 Å². The van der Waals surface area contributed by atoms with Crippen LogP contribution in [-0.4, -0.2) is 18.7 Å². The quantitative estimate of drug-likeness (QED) is 0.638. The summed E-state index contributed by atoms with van der Waals surface area (Å²) in [5.41, 5.74) is 1.84. The van der Waals surface area contributed by atoms with Crippen molar-refractivity contribution in [3.05, 3.63) is 59.1 Å². The standard InChI is InChI=1S/C20H20ClF2NO3/c1-20(2)16(17(20)27-19(22)23)18(25)26-11-12-4-3-5-15(10-12)24-14-8-6-13(21)7-9-14/h3-10,16-17,19,24H,11H2,1-2H3. The maximum absolute atomic E-state index is 12.4. The summed E-state index contributed by atoms with van der Waals surface area (Å²) in [6.45, 7) is 0.580. The van der Waals surface area contributed by atoms with Crippen LogP contribution in [0.2, 0.25) is 5.02 Å². The Morgan fingerprint density at radius 2 is 1.89 bits per heavy atom. The third-order valence-electron chi connectivity index (χ3n) is 4.67. The van der Waals surface area contributed by atoms with E-state index in [0.29, 0.717) is 5.02 Å². The monoisotopic (exact) mass is 395 g/mol. The van der Waals surface area contributed by atoms with Gasteiger partial charge in [-0.25, -0.2) is 0 Å². The third-order valence-corrected chi connectivity index (χ3v) is 4.92. The number of hydrogen-bond donors (Lipinski definition) is 1. The predicted molar refractivity (Wildman–Crippen MR) is 99.1 cm³/mol. The first-order valence-electron chi connectivity index (χ1n) is 8.49. The molecule has 0 radical (unpaired) electrons. The average Bonchev–Trinajstić information content (AvgIpc) is 3.14. The van der Waals surface area contributed by atoms with Crippen LogP contribution in [0.4, 0.5) is 20.2 Å². The fourth-order valence-corrected chi connectivity index (χ4v) is 3.19. The van der Waals surface area contributed by atoms with Crippen LogP contribution in [0.15, 0.2) is 48.5 Å². The summed E-state index contributed by atoms with van der Waals surface area (Å²) in [5.74, 6) is -1.21. The van der Waals surface area contributed by atoms with Gasteiger partial charge in [0.25, 0.3) is 0 Å². The lowest BCUT2D eigenvalue weighted by molar-refractivity contribution is -0.157. The Bertz CT molecular complexity index is 811. The summed E-state index contributed by atoms with van der Waals surface area (Å²) in [4.78, 5) is 12.2. The van der Waals surface area contributed by atoms with Gasteiger partial charge in [-0.15, -0.1) is 0 Å². The maximum atomic E-state index is 12.4. The largest absolute Gasteiger partial charge is 0.461 e. The highest BCUT2D eigenvalue weighted by atomic mass is 35.5. The molecular weight excluding hydrogens is 376 g/mol. The molecule has 2 unspecified atom stereocenters. The summed E-state index contributed by atoms with van der Waals surface area (Å²) in [7, 11) is 0. The summed E-state index contributed by atoms with van der Waals surface area (Å²) < 4.78 is 34.6. The molecule has 27 heavy (non-hydrogen) atoms. The second kappa shape index (κ2) is 7.82. The van der Waals surface area contributed by atoms with Crippen LogP contribution >= 0.6 is 11.6 Å². The lowest BCUT2D eigenvalue weighted by Crippen LogP contribution is -2.12. The van der Waals surface area contributed by atoms with Gasteiger partial charge < -0.3 is 14.8 Å². The van der Waals surface area contributed by atoms with E-state index in [9.17, 15) is 13.6 Å². The van der Waals surface area contributed by atoms with E-state index >= 15 is 0 Å². The van der Waals surface area contributed by atoms with E-state index in [-0.39, 0.29) is 6.61 Å². The molecule has 0 amide bonds. The molecule has 2 aromatic rings. The Morgan fingerprint density at radius 1 is 1.19 bits per heavy atom. The van der Waals surface area contributed by atoms with E-state index in [4.69, 9.17) is 16.3 Å². The van der Waals surface area contributed by atoms with Crippen LogP contribution in [0, 0.1) is 11.3 Å². The number of carbonyl (C=O) groups is 1. The second-order valence-electron chi connectivity index (χ2n) is 7.06. The van der Waals surface area contributed by atoms with Gasteiger partial charge in [0, 0.05) is 21.8 Å². The summed E-state index contributed by atoms with van der Waals surface area (Å²) in [6.07, 6.45) is -0.817. The molecule has 1 fully saturated rings. The minimum absolute atomic E-state index is 0.0585. The second-order valence-corrected chi connectivity index (χ2v) is 7.49. The Balaban J connectivity index is 1.57. The van der Waals surface area contributed by atoms with Crippen molar-refractivity contribution in [1.82, 2.24) is 0 Å². The lowest BCUT2D eigenvalue weighted by Gasteiger charge is -2.10. The van der Waals surface area contributed by atoms with Gasteiger partial charge in [0.1, 0.15) is 6.61 Å². The highest BCUT2D eigenvalue weighted by molar-refractivity contribution is 6.30. The lowest BCUT2D eigenvalue weighted by atomic mass is 10.1. The van der Waals surface area contributed by atoms with E-state index in [0.717, 1.165) is 16.9 Å². The molecular formula is C20H20ClF2NO3. The number of carbonyl (C=O) groups excluding carboxylic acids is 1. The van der Waals surface area contributed by atoms with Gasteiger partial charge in [-0.1, -0.05) is 37.6 Å². The molecule has 0 bridgehead atoms. The van der Waals surface area contributed by atoms with E-state index in [2.05, 4.69) is 10.1 Å². The Labute approximate surface area is 161 Å². The van der Waals surface area contributed by atoms with Crippen molar-refractivity contribution in [2.45, 2.75) is 33.2 Å². The van der Waals surface area contributed by atoms with Crippen molar-refractivity contribution in [1.29, 1.82) is 0 Å². The van der Waals surface area contributed by atoms with Crippen molar-refractivity contribution < 1.29 is 23.0 Å². The molecule has 0 aliphatic heterocycles. The van der Waals surface area contributed by atoms with Gasteiger partial charge in [-0.05, 0) is 42.0 Å². The molecule has 2 atom stereocenters. The number of anilines is 2. The normalized spacial score (nSPS) is 20.4. The first-order valence-corrected chi connectivity index (χ1v) is 8.87. The first-order chi connectivity index (χ1) is 12.8.